The number of amides is 1. The number of ether oxygens (including phenoxy) is 1. The van der Waals surface area contributed by atoms with Crippen LogP contribution in [-0.4, -0.2) is 37.6 Å². The highest BCUT2D eigenvalue weighted by Gasteiger charge is 2.10. The minimum atomic E-state index is 0.189. The van der Waals surface area contributed by atoms with Crippen LogP contribution in [0.2, 0.25) is 0 Å². The molecule has 0 fully saturated rings. The molecule has 0 atom stereocenters. The summed E-state index contributed by atoms with van der Waals surface area (Å²) in [6.07, 6.45) is 3.74. The van der Waals surface area contributed by atoms with E-state index in [0.29, 0.717) is 18.4 Å². The van der Waals surface area contributed by atoms with E-state index in [4.69, 9.17) is 4.74 Å². The minimum Gasteiger partial charge on any atom is -0.381 e. The lowest BCUT2D eigenvalue weighted by molar-refractivity contribution is -0.131. The van der Waals surface area contributed by atoms with Crippen LogP contribution in [0.4, 0.5) is 0 Å². The van der Waals surface area contributed by atoms with Crippen molar-refractivity contribution < 1.29 is 9.53 Å². The molecule has 0 unspecified atom stereocenters. The Morgan fingerprint density at radius 2 is 1.74 bits per heavy atom. The fraction of sp³-hybridized carbons (Fsp3) is 0.938. The van der Waals surface area contributed by atoms with Crippen LogP contribution in [0.25, 0.3) is 0 Å². The van der Waals surface area contributed by atoms with Gasteiger partial charge in [-0.2, -0.15) is 0 Å². The first-order valence-electron chi connectivity index (χ1n) is 7.68. The van der Waals surface area contributed by atoms with Crippen LogP contribution >= 0.6 is 0 Å². The van der Waals surface area contributed by atoms with Crippen molar-refractivity contribution in [3.05, 3.63) is 0 Å². The largest absolute Gasteiger partial charge is 0.381 e. The molecule has 0 aliphatic heterocycles. The molecule has 3 nitrogen and oxygen atoms in total. The highest BCUT2D eigenvalue weighted by atomic mass is 16.5. The SMILES string of the molecule is CC.CCCCN(C)C(=O)CCOCCC(C)(C)C. The van der Waals surface area contributed by atoms with Crippen molar-refractivity contribution in [2.24, 2.45) is 5.41 Å². The van der Waals surface area contributed by atoms with Crippen LogP contribution in [0.1, 0.15) is 67.2 Å². The molecule has 0 aromatic rings. The maximum Gasteiger partial charge on any atom is 0.224 e. The third-order valence-electron chi connectivity index (χ3n) is 2.73. The van der Waals surface area contributed by atoms with Gasteiger partial charge in [-0.15, -0.1) is 0 Å². The van der Waals surface area contributed by atoms with Gasteiger partial charge in [0.15, 0.2) is 0 Å². The van der Waals surface area contributed by atoms with E-state index >= 15 is 0 Å². The Morgan fingerprint density at radius 3 is 2.21 bits per heavy atom. The van der Waals surface area contributed by atoms with Gasteiger partial charge in [0.05, 0.1) is 13.0 Å². The summed E-state index contributed by atoms with van der Waals surface area (Å²) >= 11 is 0. The predicted molar refractivity (Wildman–Crippen MR) is 83.4 cm³/mol. The van der Waals surface area contributed by atoms with Gasteiger partial charge in [0.25, 0.3) is 0 Å². The van der Waals surface area contributed by atoms with E-state index in [0.717, 1.165) is 32.4 Å². The van der Waals surface area contributed by atoms with Crippen molar-refractivity contribution in [3.63, 3.8) is 0 Å². The first-order valence-corrected chi connectivity index (χ1v) is 7.68. The van der Waals surface area contributed by atoms with Crippen LogP contribution in [0, 0.1) is 5.41 Å². The Hall–Kier alpha value is -0.570. The molecule has 0 bridgehead atoms. The lowest BCUT2D eigenvalue weighted by Crippen LogP contribution is -2.28. The second-order valence-corrected chi connectivity index (χ2v) is 5.84. The van der Waals surface area contributed by atoms with E-state index in [2.05, 4.69) is 27.7 Å². The Morgan fingerprint density at radius 1 is 1.16 bits per heavy atom. The average molecular weight is 273 g/mol. The first kappa shape index (κ1) is 20.7. The Kier molecular flexibility index (Phi) is 13.6. The number of hydrogen-bond donors (Lipinski definition) is 0. The molecule has 0 radical (unpaired) electrons. The molecule has 0 rings (SSSR count). The van der Waals surface area contributed by atoms with E-state index < -0.39 is 0 Å². The zero-order valence-corrected chi connectivity index (χ0v) is 14.2. The average Bonchev–Trinajstić information content (AvgIpc) is 2.36. The number of carbonyl (C=O) groups excluding carboxylic acids is 1. The van der Waals surface area contributed by atoms with Gasteiger partial charge in [-0.25, -0.2) is 0 Å². The Bertz CT molecular complexity index is 209. The molecule has 0 aliphatic rings. The molecular formula is C16H35NO2. The van der Waals surface area contributed by atoms with Crippen LogP contribution in [0.3, 0.4) is 0 Å². The van der Waals surface area contributed by atoms with Gasteiger partial charge in [-0.3, -0.25) is 4.79 Å². The summed E-state index contributed by atoms with van der Waals surface area (Å²) in [6.45, 7) is 14.9. The van der Waals surface area contributed by atoms with Gasteiger partial charge in [0, 0.05) is 20.2 Å². The summed E-state index contributed by atoms with van der Waals surface area (Å²) in [6, 6.07) is 0. The molecule has 0 saturated carbocycles. The van der Waals surface area contributed by atoms with Gasteiger partial charge < -0.3 is 9.64 Å². The third kappa shape index (κ3) is 15.4. The normalized spacial score (nSPS) is 10.7. The summed E-state index contributed by atoms with van der Waals surface area (Å²) in [5.41, 5.74) is 0.307. The van der Waals surface area contributed by atoms with E-state index in [1.54, 1.807) is 4.90 Å². The van der Waals surface area contributed by atoms with Crippen molar-refractivity contribution in [2.45, 2.75) is 67.2 Å². The van der Waals surface area contributed by atoms with Crippen molar-refractivity contribution >= 4 is 5.91 Å². The summed E-state index contributed by atoms with van der Waals surface area (Å²) in [4.78, 5) is 13.5. The van der Waals surface area contributed by atoms with Crippen molar-refractivity contribution in [1.82, 2.24) is 4.90 Å². The van der Waals surface area contributed by atoms with Gasteiger partial charge in [0.1, 0.15) is 0 Å². The molecule has 0 aromatic heterocycles. The highest BCUT2D eigenvalue weighted by molar-refractivity contribution is 5.75. The predicted octanol–water partition coefficient (Wildman–Crippen LogP) is 4.11. The lowest BCUT2D eigenvalue weighted by Gasteiger charge is -2.19. The quantitative estimate of drug-likeness (QED) is 0.623. The number of nitrogens with zero attached hydrogens (tertiary/aromatic N) is 1. The van der Waals surface area contributed by atoms with Gasteiger partial charge >= 0.3 is 0 Å². The molecule has 0 spiro atoms. The van der Waals surface area contributed by atoms with Crippen LogP contribution < -0.4 is 0 Å². The first-order chi connectivity index (χ1) is 8.87. The fourth-order valence-corrected chi connectivity index (χ4v) is 1.35. The Labute approximate surface area is 120 Å². The Balaban J connectivity index is 0. The van der Waals surface area contributed by atoms with E-state index in [1.165, 1.54) is 0 Å². The summed E-state index contributed by atoms with van der Waals surface area (Å²) in [7, 11) is 1.87. The minimum absolute atomic E-state index is 0.189. The van der Waals surface area contributed by atoms with E-state index in [9.17, 15) is 4.79 Å². The summed E-state index contributed by atoms with van der Waals surface area (Å²) < 4.78 is 5.49. The maximum absolute atomic E-state index is 11.7. The molecule has 0 N–H and O–H groups in total. The molecular weight excluding hydrogens is 238 g/mol. The van der Waals surface area contributed by atoms with E-state index in [-0.39, 0.29) is 5.91 Å². The molecule has 0 aliphatic carbocycles. The van der Waals surface area contributed by atoms with Crippen LogP contribution in [0.15, 0.2) is 0 Å². The lowest BCUT2D eigenvalue weighted by atomic mass is 9.93. The van der Waals surface area contributed by atoms with Gasteiger partial charge in [0.2, 0.25) is 5.91 Å². The monoisotopic (exact) mass is 273 g/mol. The maximum atomic E-state index is 11.7. The topological polar surface area (TPSA) is 29.5 Å². The number of hydrogen-bond acceptors (Lipinski definition) is 2. The number of unbranched alkanes of at least 4 members (excludes halogenated alkanes) is 1. The highest BCUT2D eigenvalue weighted by Crippen LogP contribution is 2.17. The standard InChI is InChI=1S/C14H29NO2.C2H6/c1-6-7-10-15(5)13(16)8-11-17-12-9-14(2,3)4;1-2/h6-12H2,1-5H3;1-2H3. The third-order valence-corrected chi connectivity index (χ3v) is 2.73. The molecule has 19 heavy (non-hydrogen) atoms. The molecule has 1 amide bonds. The smallest absolute Gasteiger partial charge is 0.224 e. The van der Waals surface area contributed by atoms with Gasteiger partial charge in [-0.05, 0) is 18.3 Å². The summed E-state index contributed by atoms with van der Waals surface area (Å²) in [5.74, 6) is 0.189. The van der Waals surface area contributed by atoms with Crippen molar-refractivity contribution in [1.29, 1.82) is 0 Å². The zero-order valence-electron chi connectivity index (χ0n) is 14.2. The summed E-state index contributed by atoms with van der Waals surface area (Å²) in [5, 5.41) is 0. The van der Waals surface area contributed by atoms with Crippen LogP contribution in [0.5, 0.6) is 0 Å². The molecule has 116 valence electrons. The van der Waals surface area contributed by atoms with Crippen molar-refractivity contribution in [3.8, 4) is 0 Å². The fourth-order valence-electron chi connectivity index (χ4n) is 1.35. The molecule has 0 heterocycles. The molecule has 3 heteroatoms. The molecule has 0 aromatic carbocycles. The van der Waals surface area contributed by atoms with Crippen molar-refractivity contribution in [2.75, 3.05) is 26.8 Å². The number of carbonyl (C=O) groups is 1. The van der Waals surface area contributed by atoms with Gasteiger partial charge in [-0.1, -0.05) is 48.0 Å². The zero-order chi connectivity index (χ0) is 15.3. The number of rotatable bonds is 8. The second-order valence-electron chi connectivity index (χ2n) is 5.84. The second kappa shape index (κ2) is 12.5. The van der Waals surface area contributed by atoms with Crippen LogP contribution in [-0.2, 0) is 9.53 Å². The van der Waals surface area contributed by atoms with E-state index in [1.807, 2.05) is 20.9 Å². The molecule has 0 saturated heterocycles.